The molecule has 3 nitrogen and oxygen atoms in total. The molecule has 0 saturated carbocycles. The highest BCUT2D eigenvalue weighted by molar-refractivity contribution is 6.00. The molecule has 3 heteroatoms. The molecule has 362 valence electrons. The molecule has 1 unspecified atom stereocenters. The van der Waals surface area contributed by atoms with E-state index in [2.05, 4.69) is 292 Å². The molecule has 0 amide bonds. The van der Waals surface area contributed by atoms with Crippen LogP contribution >= 0.6 is 0 Å². The molecule has 76 heavy (non-hydrogen) atoms. The first-order chi connectivity index (χ1) is 37.2. The van der Waals surface area contributed by atoms with Crippen LogP contribution in [-0.4, -0.2) is 0 Å². The highest BCUT2D eigenvalue weighted by Gasteiger charge is 2.53. The van der Waals surface area contributed by atoms with Gasteiger partial charge < -0.3 is 14.5 Å². The monoisotopic (exact) mass is 974 g/mol. The predicted molar refractivity (Wildman–Crippen MR) is 314 cm³/mol. The van der Waals surface area contributed by atoms with Crippen molar-refractivity contribution in [2.45, 2.75) is 43.9 Å². The Morgan fingerprint density at radius 2 is 0.724 bits per heavy atom. The molecule has 1 spiro atoms. The summed E-state index contributed by atoms with van der Waals surface area (Å²) in [6.45, 7) is 9.46. The van der Waals surface area contributed by atoms with Crippen LogP contribution in [-0.2, 0) is 16.2 Å². The van der Waals surface area contributed by atoms with Gasteiger partial charge in [0.25, 0.3) is 0 Å². The SMILES string of the molecule is CC1(C)c2ccccc2-c2ccc(N(c3ccccc3)c3cccc4c3Oc3ccccc3C43c4ccccc4-c4c(N(c5ccc(-c6ccccc6)cc5)c5ccc6c(c5)C(C)(C)c5ccccc5-6)cccc43)cc21. The lowest BCUT2D eigenvalue weighted by molar-refractivity contribution is 0.437. The molecule has 4 aliphatic rings. The second kappa shape index (κ2) is 16.4. The van der Waals surface area contributed by atoms with E-state index in [1.807, 2.05) is 0 Å². The first-order valence-electron chi connectivity index (χ1n) is 26.7. The summed E-state index contributed by atoms with van der Waals surface area (Å²) in [5, 5.41) is 0. The van der Waals surface area contributed by atoms with Crippen molar-refractivity contribution in [3.8, 4) is 56.0 Å². The maximum atomic E-state index is 7.43. The van der Waals surface area contributed by atoms with Crippen molar-refractivity contribution >= 4 is 34.1 Å². The molecule has 0 aromatic heterocycles. The number of rotatable bonds is 7. The molecule has 1 heterocycles. The molecular weight excluding hydrogens is 921 g/mol. The molecule has 11 aromatic carbocycles. The maximum absolute atomic E-state index is 7.43. The molecule has 0 radical (unpaired) electrons. The van der Waals surface area contributed by atoms with Crippen LogP contribution < -0.4 is 14.5 Å². The lowest BCUT2D eigenvalue weighted by Gasteiger charge is -2.41. The summed E-state index contributed by atoms with van der Waals surface area (Å²) in [6.07, 6.45) is 0. The van der Waals surface area contributed by atoms with Crippen molar-refractivity contribution in [1.29, 1.82) is 0 Å². The van der Waals surface area contributed by atoms with Crippen LogP contribution in [0.1, 0.15) is 72.2 Å². The van der Waals surface area contributed by atoms with Crippen LogP contribution in [0.15, 0.2) is 255 Å². The summed E-state index contributed by atoms with van der Waals surface area (Å²) < 4.78 is 7.43. The number of fused-ring (bicyclic) bond motifs is 15. The van der Waals surface area contributed by atoms with Crippen LogP contribution in [0.3, 0.4) is 0 Å². The molecule has 1 aliphatic heterocycles. The highest BCUT2D eigenvalue weighted by atomic mass is 16.5. The number of anilines is 6. The minimum absolute atomic E-state index is 0.173. The van der Waals surface area contributed by atoms with Gasteiger partial charge in [0, 0.05) is 50.3 Å². The van der Waals surface area contributed by atoms with Crippen molar-refractivity contribution in [1.82, 2.24) is 0 Å². The molecule has 11 aromatic rings. The standard InChI is InChI=1S/C73H54N2O/c1-71(2)58-28-14-11-25-53(58)55-43-41-51(45-64(55)71)74(50-39-37-48(38-40-50)47-21-7-5-8-22-47)66-34-19-32-62-69(66)57-27-13-16-30-60(57)73(62)61-31-17-18-36-68(61)76-70-63(73)33-20-35-67(70)75(49-23-9-6-10-24-49)52-42-44-56-54-26-12-15-29-59(54)72(3,4)65(56)46-52/h5-46H,1-4H3. The van der Waals surface area contributed by atoms with E-state index in [1.54, 1.807) is 0 Å². The second-order valence-electron chi connectivity index (χ2n) is 22.0. The summed E-state index contributed by atoms with van der Waals surface area (Å²) in [4.78, 5) is 4.92. The average molecular weight is 975 g/mol. The topological polar surface area (TPSA) is 15.7 Å². The van der Waals surface area contributed by atoms with Gasteiger partial charge in [-0.1, -0.05) is 216 Å². The Balaban J connectivity index is 0.967. The smallest absolute Gasteiger partial charge is 0.156 e. The Morgan fingerprint density at radius 1 is 0.289 bits per heavy atom. The van der Waals surface area contributed by atoms with Crippen LogP contribution in [0, 0.1) is 0 Å². The second-order valence-corrected chi connectivity index (χ2v) is 22.0. The zero-order valence-corrected chi connectivity index (χ0v) is 43.1. The van der Waals surface area contributed by atoms with Gasteiger partial charge in [0.15, 0.2) is 5.75 Å². The molecule has 3 aliphatic carbocycles. The number of benzene rings is 11. The Hall–Kier alpha value is -9.18. The lowest BCUT2D eigenvalue weighted by Crippen LogP contribution is -2.32. The first kappa shape index (κ1) is 44.3. The molecule has 0 saturated heterocycles. The number of hydrogen-bond donors (Lipinski definition) is 0. The van der Waals surface area contributed by atoms with Gasteiger partial charge in [-0.15, -0.1) is 0 Å². The third kappa shape index (κ3) is 6.17. The van der Waals surface area contributed by atoms with Crippen molar-refractivity contribution in [3.63, 3.8) is 0 Å². The fourth-order valence-corrected chi connectivity index (χ4v) is 13.8. The minimum atomic E-state index is -0.740. The number of ether oxygens (including phenoxy) is 1. The predicted octanol–water partition coefficient (Wildman–Crippen LogP) is 19.4. The van der Waals surface area contributed by atoms with E-state index < -0.39 is 5.41 Å². The average Bonchev–Trinajstić information content (AvgIpc) is 4.21. The van der Waals surface area contributed by atoms with Crippen molar-refractivity contribution < 1.29 is 4.74 Å². The van der Waals surface area contributed by atoms with E-state index in [-0.39, 0.29) is 10.8 Å². The van der Waals surface area contributed by atoms with Gasteiger partial charge in [-0.2, -0.15) is 0 Å². The lowest BCUT2D eigenvalue weighted by atomic mass is 9.66. The van der Waals surface area contributed by atoms with Gasteiger partial charge in [-0.3, -0.25) is 0 Å². The van der Waals surface area contributed by atoms with Gasteiger partial charge in [0.2, 0.25) is 0 Å². The van der Waals surface area contributed by atoms with E-state index in [9.17, 15) is 0 Å². The largest absolute Gasteiger partial charge is 0.454 e. The normalized spacial score (nSPS) is 16.0. The van der Waals surface area contributed by atoms with E-state index in [1.165, 1.54) is 77.9 Å². The van der Waals surface area contributed by atoms with Crippen molar-refractivity contribution in [3.05, 3.63) is 299 Å². The van der Waals surface area contributed by atoms with Gasteiger partial charge in [-0.05, 0) is 139 Å². The van der Waals surface area contributed by atoms with E-state index >= 15 is 0 Å². The van der Waals surface area contributed by atoms with Crippen molar-refractivity contribution in [2.24, 2.45) is 0 Å². The first-order valence-corrected chi connectivity index (χ1v) is 26.7. The fraction of sp³-hybridized carbons (Fsp3) is 0.0959. The molecular formula is C73H54N2O. The Labute approximate surface area is 445 Å². The summed E-state index contributed by atoms with van der Waals surface area (Å²) in [7, 11) is 0. The van der Waals surface area contributed by atoms with Crippen LogP contribution in [0.25, 0.3) is 44.5 Å². The molecule has 1 atom stereocenters. The molecule has 0 fully saturated rings. The van der Waals surface area contributed by atoms with Gasteiger partial charge >= 0.3 is 0 Å². The summed E-state index contributed by atoms with van der Waals surface area (Å²) in [5.74, 6) is 1.69. The number of para-hydroxylation sites is 3. The van der Waals surface area contributed by atoms with Crippen molar-refractivity contribution in [2.75, 3.05) is 9.80 Å². The van der Waals surface area contributed by atoms with Gasteiger partial charge in [0.1, 0.15) is 5.75 Å². The Kier molecular flexibility index (Phi) is 9.57. The Bertz CT molecular complexity index is 4150. The van der Waals surface area contributed by atoms with Gasteiger partial charge in [-0.25, -0.2) is 0 Å². The maximum Gasteiger partial charge on any atom is 0.156 e. The summed E-state index contributed by atoms with van der Waals surface area (Å²) in [5.41, 5.74) is 25.5. The molecule has 15 rings (SSSR count). The molecule has 0 bridgehead atoms. The van der Waals surface area contributed by atoms with E-state index in [0.29, 0.717) is 0 Å². The highest BCUT2D eigenvalue weighted by Crippen LogP contribution is 2.66. The van der Waals surface area contributed by atoms with Crippen LogP contribution in [0.5, 0.6) is 11.5 Å². The van der Waals surface area contributed by atoms with Gasteiger partial charge in [0.05, 0.1) is 16.8 Å². The van der Waals surface area contributed by atoms with E-state index in [4.69, 9.17) is 4.74 Å². The Morgan fingerprint density at radius 3 is 1.36 bits per heavy atom. The summed E-state index contributed by atoms with van der Waals surface area (Å²) in [6, 6.07) is 94.3. The number of nitrogens with zero attached hydrogens (tertiary/aromatic N) is 2. The molecule has 0 N–H and O–H groups in total. The zero-order chi connectivity index (χ0) is 50.9. The van der Waals surface area contributed by atoms with Crippen LogP contribution in [0.4, 0.5) is 34.1 Å². The fourth-order valence-electron chi connectivity index (χ4n) is 13.8. The third-order valence-corrected chi connectivity index (χ3v) is 17.3. The minimum Gasteiger partial charge on any atom is -0.454 e. The van der Waals surface area contributed by atoms with E-state index in [0.717, 1.165) is 56.8 Å². The summed E-state index contributed by atoms with van der Waals surface area (Å²) >= 11 is 0. The van der Waals surface area contributed by atoms with Crippen LogP contribution in [0.2, 0.25) is 0 Å². The quantitative estimate of drug-likeness (QED) is 0.158. The third-order valence-electron chi connectivity index (χ3n) is 17.3. The zero-order valence-electron chi connectivity index (χ0n) is 43.1. The number of hydrogen-bond acceptors (Lipinski definition) is 3.